The van der Waals surface area contributed by atoms with Gasteiger partial charge in [0, 0.05) is 36.5 Å². The Morgan fingerprint density at radius 1 is 1.21 bits per heavy atom. The molecule has 9 heteroatoms. The average molecular weight is 397 g/mol. The molecule has 1 saturated heterocycles. The van der Waals surface area contributed by atoms with Crippen LogP contribution in [0.15, 0.2) is 48.5 Å². The number of carbonyl (C=O) groups is 3. The predicted molar refractivity (Wildman–Crippen MR) is 105 cm³/mol. The van der Waals surface area contributed by atoms with Crippen LogP contribution >= 0.6 is 0 Å². The number of nitrogens with one attached hydrogen (secondary N) is 1. The van der Waals surface area contributed by atoms with Crippen LogP contribution in [-0.2, 0) is 14.3 Å². The molecule has 1 N–H and O–H groups in total. The van der Waals surface area contributed by atoms with Gasteiger partial charge in [0.15, 0.2) is 6.10 Å². The highest BCUT2D eigenvalue weighted by molar-refractivity contribution is 5.99. The summed E-state index contributed by atoms with van der Waals surface area (Å²) in [6.45, 7) is 2.00. The van der Waals surface area contributed by atoms with Gasteiger partial charge in [0.2, 0.25) is 5.91 Å². The maximum Gasteiger partial charge on any atom is 0.338 e. The van der Waals surface area contributed by atoms with E-state index in [9.17, 15) is 24.5 Å². The molecular formula is C20H19N3O6. The van der Waals surface area contributed by atoms with E-state index < -0.39 is 22.9 Å². The van der Waals surface area contributed by atoms with Gasteiger partial charge in [-0.25, -0.2) is 4.79 Å². The molecule has 29 heavy (non-hydrogen) atoms. The number of esters is 1. The predicted octanol–water partition coefficient (Wildman–Crippen LogP) is 2.91. The summed E-state index contributed by atoms with van der Waals surface area (Å²) in [7, 11) is 0. The summed E-state index contributed by atoms with van der Waals surface area (Å²) in [5.41, 5.74) is 0.884. The van der Waals surface area contributed by atoms with Gasteiger partial charge in [0.1, 0.15) is 0 Å². The number of nitrogens with zero attached hydrogens (tertiary/aromatic N) is 2. The first-order chi connectivity index (χ1) is 13.8. The second-order valence-corrected chi connectivity index (χ2v) is 6.54. The van der Waals surface area contributed by atoms with Gasteiger partial charge in [0.05, 0.1) is 10.5 Å². The SMILES string of the molecule is CC(OC(=O)c1cccc(N2CCCC2=O)c1)C(=O)Nc1cccc([N+](=O)[O-])c1. The third kappa shape index (κ3) is 4.75. The zero-order valence-electron chi connectivity index (χ0n) is 15.7. The summed E-state index contributed by atoms with van der Waals surface area (Å²) >= 11 is 0. The molecule has 0 spiro atoms. The number of rotatable bonds is 6. The Morgan fingerprint density at radius 3 is 2.66 bits per heavy atom. The largest absolute Gasteiger partial charge is 0.449 e. The van der Waals surface area contributed by atoms with Crippen molar-refractivity contribution in [3.8, 4) is 0 Å². The van der Waals surface area contributed by atoms with Crippen molar-refractivity contribution < 1.29 is 24.0 Å². The zero-order valence-corrected chi connectivity index (χ0v) is 15.7. The van der Waals surface area contributed by atoms with Crippen molar-refractivity contribution in [1.29, 1.82) is 0 Å². The molecule has 3 rings (SSSR count). The number of nitro groups is 1. The lowest BCUT2D eigenvalue weighted by atomic mass is 10.2. The van der Waals surface area contributed by atoms with Gasteiger partial charge >= 0.3 is 5.97 Å². The Morgan fingerprint density at radius 2 is 1.97 bits per heavy atom. The van der Waals surface area contributed by atoms with E-state index in [1.54, 1.807) is 23.1 Å². The van der Waals surface area contributed by atoms with Crippen LogP contribution in [0.4, 0.5) is 17.1 Å². The summed E-state index contributed by atoms with van der Waals surface area (Å²) in [6.07, 6.45) is 0.116. The molecule has 1 atom stereocenters. The van der Waals surface area contributed by atoms with Gasteiger partial charge < -0.3 is 15.0 Å². The van der Waals surface area contributed by atoms with Crippen molar-refractivity contribution in [3.05, 3.63) is 64.2 Å². The minimum Gasteiger partial charge on any atom is -0.449 e. The molecule has 150 valence electrons. The maximum absolute atomic E-state index is 12.4. The molecule has 2 amide bonds. The number of anilines is 2. The molecular weight excluding hydrogens is 378 g/mol. The summed E-state index contributed by atoms with van der Waals surface area (Å²) < 4.78 is 5.20. The number of non-ortho nitro benzene ring substituents is 1. The molecule has 9 nitrogen and oxygen atoms in total. The number of hydrogen-bond donors (Lipinski definition) is 1. The number of ether oxygens (including phenoxy) is 1. The van der Waals surface area contributed by atoms with Crippen LogP contribution < -0.4 is 10.2 Å². The van der Waals surface area contributed by atoms with E-state index in [0.29, 0.717) is 18.7 Å². The lowest BCUT2D eigenvalue weighted by Crippen LogP contribution is -2.30. The van der Waals surface area contributed by atoms with Crippen LogP contribution in [0.25, 0.3) is 0 Å². The second-order valence-electron chi connectivity index (χ2n) is 6.54. The van der Waals surface area contributed by atoms with Crippen molar-refractivity contribution in [3.63, 3.8) is 0 Å². The van der Waals surface area contributed by atoms with E-state index in [4.69, 9.17) is 4.74 Å². The molecule has 0 bridgehead atoms. The minimum atomic E-state index is -1.13. The third-order valence-electron chi connectivity index (χ3n) is 4.44. The van der Waals surface area contributed by atoms with E-state index in [-0.39, 0.29) is 22.8 Å². The Hall–Kier alpha value is -3.75. The molecule has 2 aromatic rings. The van der Waals surface area contributed by atoms with Crippen LogP contribution in [-0.4, -0.2) is 35.4 Å². The number of amides is 2. The van der Waals surface area contributed by atoms with Crippen LogP contribution in [0.1, 0.15) is 30.1 Å². The summed E-state index contributed by atoms with van der Waals surface area (Å²) in [5.74, 6) is -1.33. The molecule has 1 fully saturated rings. The van der Waals surface area contributed by atoms with Gasteiger partial charge in [0.25, 0.3) is 11.6 Å². The molecule has 1 aliphatic rings. The van der Waals surface area contributed by atoms with Gasteiger partial charge in [-0.15, -0.1) is 0 Å². The van der Waals surface area contributed by atoms with E-state index >= 15 is 0 Å². The fourth-order valence-corrected chi connectivity index (χ4v) is 2.95. The second kappa shape index (κ2) is 8.51. The van der Waals surface area contributed by atoms with Crippen molar-refractivity contribution in [2.45, 2.75) is 25.9 Å². The molecule has 0 aliphatic carbocycles. The number of hydrogen-bond acceptors (Lipinski definition) is 6. The monoisotopic (exact) mass is 397 g/mol. The number of nitro benzene ring substituents is 1. The number of benzene rings is 2. The smallest absolute Gasteiger partial charge is 0.338 e. The van der Waals surface area contributed by atoms with E-state index in [1.165, 1.54) is 37.3 Å². The topological polar surface area (TPSA) is 119 Å². The maximum atomic E-state index is 12.4. The molecule has 0 aromatic heterocycles. The standard InChI is InChI=1S/C20H19N3O6/c1-13(19(25)21-15-6-3-8-17(12-15)23(27)28)29-20(26)14-5-2-7-16(11-14)22-10-4-9-18(22)24/h2-3,5-8,11-13H,4,9-10H2,1H3,(H,21,25). The van der Waals surface area contributed by atoms with Crippen molar-refractivity contribution in [2.24, 2.45) is 0 Å². The highest BCUT2D eigenvalue weighted by atomic mass is 16.6. The van der Waals surface area contributed by atoms with E-state index in [0.717, 1.165) is 6.42 Å². The third-order valence-corrected chi connectivity index (χ3v) is 4.44. The Balaban J connectivity index is 1.64. The average Bonchev–Trinajstić information content (AvgIpc) is 3.14. The first kappa shape index (κ1) is 20.0. The quantitative estimate of drug-likeness (QED) is 0.455. The highest BCUT2D eigenvalue weighted by Crippen LogP contribution is 2.23. The molecule has 0 saturated carbocycles. The van der Waals surface area contributed by atoms with Gasteiger partial charge in [-0.1, -0.05) is 12.1 Å². The van der Waals surface area contributed by atoms with Crippen LogP contribution in [0.2, 0.25) is 0 Å². The van der Waals surface area contributed by atoms with Gasteiger partial charge in [-0.05, 0) is 37.6 Å². The number of carbonyl (C=O) groups excluding carboxylic acids is 3. The zero-order chi connectivity index (χ0) is 21.0. The fourth-order valence-electron chi connectivity index (χ4n) is 2.95. The Bertz CT molecular complexity index is 974. The van der Waals surface area contributed by atoms with Crippen LogP contribution in [0, 0.1) is 10.1 Å². The normalized spacial score (nSPS) is 14.4. The molecule has 1 unspecified atom stereocenters. The molecule has 0 radical (unpaired) electrons. The molecule has 1 aliphatic heterocycles. The lowest BCUT2D eigenvalue weighted by molar-refractivity contribution is -0.384. The first-order valence-corrected chi connectivity index (χ1v) is 9.02. The molecule has 2 aromatic carbocycles. The van der Waals surface area contributed by atoms with Crippen LogP contribution in [0.3, 0.4) is 0 Å². The van der Waals surface area contributed by atoms with Crippen molar-refractivity contribution in [1.82, 2.24) is 0 Å². The van der Waals surface area contributed by atoms with E-state index in [1.807, 2.05) is 0 Å². The Kier molecular flexibility index (Phi) is 5.87. The first-order valence-electron chi connectivity index (χ1n) is 9.02. The van der Waals surface area contributed by atoms with Crippen molar-refractivity contribution >= 4 is 34.8 Å². The highest BCUT2D eigenvalue weighted by Gasteiger charge is 2.24. The summed E-state index contributed by atoms with van der Waals surface area (Å²) in [5, 5.41) is 13.3. The lowest BCUT2D eigenvalue weighted by Gasteiger charge is -2.17. The Labute approximate surface area is 166 Å². The van der Waals surface area contributed by atoms with Crippen LogP contribution in [0.5, 0.6) is 0 Å². The minimum absolute atomic E-state index is 0.000202. The van der Waals surface area contributed by atoms with Crippen molar-refractivity contribution in [2.75, 3.05) is 16.8 Å². The summed E-state index contributed by atoms with van der Waals surface area (Å²) in [6, 6.07) is 11.9. The molecule has 1 heterocycles. The van der Waals surface area contributed by atoms with E-state index in [2.05, 4.69) is 5.32 Å². The fraction of sp³-hybridized carbons (Fsp3) is 0.250. The van der Waals surface area contributed by atoms with Gasteiger partial charge in [-0.2, -0.15) is 0 Å². The summed E-state index contributed by atoms with van der Waals surface area (Å²) in [4.78, 5) is 48.4. The van der Waals surface area contributed by atoms with Gasteiger partial charge in [-0.3, -0.25) is 19.7 Å².